The second-order valence-corrected chi connectivity index (χ2v) is 5.47. The second-order valence-electron chi connectivity index (χ2n) is 5.47. The summed E-state index contributed by atoms with van der Waals surface area (Å²) < 4.78 is 5.63. The van der Waals surface area contributed by atoms with Crippen LogP contribution in [0.2, 0.25) is 0 Å². The molecule has 1 atom stereocenters. The molecule has 0 spiro atoms. The molecular weight excluding hydrogens is 242 g/mol. The van der Waals surface area contributed by atoms with E-state index in [0.717, 1.165) is 58.7 Å². The fourth-order valence-electron chi connectivity index (χ4n) is 2.70. The van der Waals surface area contributed by atoms with Crippen molar-refractivity contribution in [3.63, 3.8) is 0 Å². The minimum absolute atomic E-state index is 0.171. The van der Waals surface area contributed by atoms with Crippen LogP contribution >= 0.6 is 0 Å². The number of rotatable bonds is 6. The Morgan fingerprint density at radius 1 is 1.32 bits per heavy atom. The predicted octanol–water partition coefficient (Wildman–Crippen LogP) is 0.357. The third-order valence-corrected chi connectivity index (χ3v) is 3.93. The van der Waals surface area contributed by atoms with Gasteiger partial charge >= 0.3 is 0 Å². The number of nitrogens with one attached hydrogen (secondary N) is 2. The number of ether oxygens (including phenoxy) is 1. The Hall–Kier alpha value is -0.650. The first kappa shape index (κ1) is 14.8. The van der Waals surface area contributed by atoms with E-state index in [9.17, 15) is 4.79 Å². The van der Waals surface area contributed by atoms with E-state index in [0.29, 0.717) is 12.5 Å². The van der Waals surface area contributed by atoms with E-state index in [4.69, 9.17) is 4.74 Å². The molecule has 0 aliphatic carbocycles. The first-order valence-electron chi connectivity index (χ1n) is 7.66. The maximum absolute atomic E-state index is 11.7. The van der Waals surface area contributed by atoms with Gasteiger partial charge in [0.1, 0.15) is 0 Å². The molecule has 2 fully saturated rings. The summed E-state index contributed by atoms with van der Waals surface area (Å²) >= 11 is 0. The average Bonchev–Trinajstić information content (AvgIpc) is 2.47. The van der Waals surface area contributed by atoms with E-state index in [1.165, 1.54) is 12.8 Å². The second kappa shape index (κ2) is 8.51. The highest BCUT2D eigenvalue weighted by Gasteiger charge is 2.15. The van der Waals surface area contributed by atoms with Gasteiger partial charge in [0.15, 0.2) is 0 Å². The molecule has 1 amide bonds. The normalized spacial score (nSPS) is 25.2. The smallest absolute Gasteiger partial charge is 0.220 e. The summed E-state index contributed by atoms with van der Waals surface area (Å²) in [6, 6.07) is 0. The van der Waals surface area contributed by atoms with Crippen molar-refractivity contribution in [3.05, 3.63) is 0 Å². The predicted molar refractivity (Wildman–Crippen MR) is 75.1 cm³/mol. The lowest BCUT2D eigenvalue weighted by molar-refractivity contribution is -0.122. The van der Waals surface area contributed by atoms with E-state index in [1.54, 1.807) is 0 Å². The molecule has 5 nitrogen and oxygen atoms in total. The monoisotopic (exact) mass is 269 g/mol. The van der Waals surface area contributed by atoms with Crippen molar-refractivity contribution < 1.29 is 9.53 Å². The van der Waals surface area contributed by atoms with Crippen LogP contribution in [-0.2, 0) is 9.53 Å². The Morgan fingerprint density at radius 2 is 2.16 bits per heavy atom. The number of amides is 1. The molecule has 2 aliphatic heterocycles. The molecule has 2 aliphatic rings. The van der Waals surface area contributed by atoms with Crippen molar-refractivity contribution in [1.82, 2.24) is 15.5 Å². The van der Waals surface area contributed by atoms with Gasteiger partial charge in [-0.2, -0.15) is 0 Å². The zero-order valence-corrected chi connectivity index (χ0v) is 11.8. The van der Waals surface area contributed by atoms with Crippen LogP contribution in [0.4, 0.5) is 0 Å². The first-order chi connectivity index (χ1) is 9.34. The van der Waals surface area contributed by atoms with Gasteiger partial charge in [-0.1, -0.05) is 0 Å². The van der Waals surface area contributed by atoms with Gasteiger partial charge in [-0.05, 0) is 25.7 Å². The van der Waals surface area contributed by atoms with Crippen molar-refractivity contribution in [2.24, 2.45) is 0 Å². The standard InChI is InChI=1S/C14H27N3O2/c18-14(5-4-13-3-1-2-12-19-13)16-8-11-17-9-6-15-7-10-17/h13,15H,1-12H2,(H,16,18). The Kier molecular flexibility index (Phi) is 6.61. The molecule has 0 aromatic rings. The van der Waals surface area contributed by atoms with Gasteiger partial charge in [-0.15, -0.1) is 0 Å². The number of carbonyl (C=O) groups is 1. The van der Waals surface area contributed by atoms with Crippen LogP contribution in [0.15, 0.2) is 0 Å². The Bertz CT molecular complexity index is 261. The molecule has 19 heavy (non-hydrogen) atoms. The summed E-state index contributed by atoms with van der Waals surface area (Å²) in [6.07, 6.45) is 5.33. The van der Waals surface area contributed by atoms with Crippen molar-refractivity contribution in [2.75, 3.05) is 45.9 Å². The van der Waals surface area contributed by atoms with Gasteiger partial charge in [0, 0.05) is 52.3 Å². The van der Waals surface area contributed by atoms with Gasteiger partial charge < -0.3 is 15.4 Å². The number of hydrogen-bond acceptors (Lipinski definition) is 4. The minimum atomic E-state index is 0.171. The van der Waals surface area contributed by atoms with Gasteiger partial charge in [-0.25, -0.2) is 0 Å². The zero-order chi connectivity index (χ0) is 13.3. The Labute approximate surface area is 116 Å². The van der Waals surface area contributed by atoms with Crippen LogP contribution in [0.3, 0.4) is 0 Å². The molecule has 0 aromatic carbocycles. The fraction of sp³-hybridized carbons (Fsp3) is 0.929. The molecule has 0 aromatic heterocycles. The zero-order valence-electron chi connectivity index (χ0n) is 11.8. The maximum atomic E-state index is 11.7. The fourth-order valence-corrected chi connectivity index (χ4v) is 2.70. The van der Waals surface area contributed by atoms with Crippen molar-refractivity contribution in [2.45, 2.75) is 38.2 Å². The molecule has 0 saturated carbocycles. The van der Waals surface area contributed by atoms with Crippen molar-refractivity contribution >= 4 is 5.91 Å². The van der Waals surface area contributed by atoms with Gasteiger partial charge in [0.25, 0.3) is 0 Å². The van der Waals surface area contributed by atoms with E-state index < -0.39 is 0 Å². The number of hydrogen-bond donors (Lipinski definition) is 2. The van der Waals surface area contributed by atoms with Gasteiger partial charge in [-0.3, -0.25) is 9.69 Å². The largest absolute Gasteiger partial charge is 0.378 e. The number of piperazine rings is 1. The molecule has 2 rings (SSSR count). The summed E-state index contributed by atoms with van der Waals surface area (Å²) in [5.74, 6) is 0.171. The third kappa shape index (κ3) is 5.89. The molecule has 2 N–H and O–H groups in total. The Balaban J connectivity index is 1.49. The van der Waals surface area contributed by atoms with Gasteiger partial charge in [0.2, 0.25) is 5.91 Å². The third-order valence-electron chi connectivity index (χ3n) is 3.93. The summed E-state index contributed by atoms with van der Waals surface area (Å²) in [7, 11) is 0. The van der Waals surface area contributed by atoms with Crippen LogP contribution < -0.4 is 10.6 Å². The molecule has 110 valence electrons. The molecule has 0 radical (unpaired) electrons. The summed E-state index contributed by atoms with van der Waals surface area (Å²) in [5.41, 5.74) is 0. The lowest BCUT2D eigenvalue weighted by Crippen LogP contribution is -2.46. The summed E-state index contributed by atoms with van der Waals surface area (Å²) in [4.78, 5) is 14.1. The van der Waals surface area contributed by atoms with Crippen LogP contribution in [0.1, 0.15) is 32.1 Å². The Morgan fingerprint density at radius 3 is 2.89 bits per heavy atom. The highest BCUT2D eigenvalue weighted by molar-refractivity contribution is 5.75. The van der Waals surface area contributed by atoms with E-state index in [1.807, 2.05) is 0 Å². The molecule has 0 bridgehead atoms. The first-order valence-corrected chi connectivity index (χ1v) is 7.66. The SMILES string of the molecule is O=C(CCC1CCCCO1)NCCN1CCNCC1. The van der Waals surface area contributed by atoms with Crippen LogP contribution in [-0.4, -0.2) is 62.8 Å². The van der Waals surface area contributed by atoms with E-state index in [-0.39, 0.29) is 5.91 Å². The van der Waals surface area contributed by atoms with Crippen molar-refractivity contribution in [3.8, 4) is 0 Å². The lowest BCUT2D eigenvalue weighted by atomic mass is 10.0. The summed E-state index contributed by atoms with van der Waals surface area (Å²) in [5, 5.41) is 6.34. The number of nitrogens with zero attached hydrogens (tertiary/aromatic N) is 1. The lowest BCUT2D eigenvalue weighted by Gasteiger charge is -2.27. The highest BCUT2D eigenvalue weighted by atomic mass is 16.5. The average molecular weight is 269 g/mol. The highest BCUT2D eigenvalue weighted by Crippen LogP contribution is 2.16. The molecular formula is C14H27N3O2. The molecule has 2 saturated heterocycles. The van der Waals surface area contributed by atoms with Crippen LogP contribution in [0.5, 0.6) is 0 Å². The molecule has 1 unspecified atom stereocenters. The van der Waals surface area contributed by atoms with Crippen LogP contribution in [0, 0.1) is 0 Å². The van der Waals surface area contributed by atoms with E-state index >= 15 is 0 Å². The quantitative estimate of drug-likeness (QED) is 0.731. The van der Waals surface area contributed by atoms with Crippen LogP contribution in [0.25, 0.3) is 0 Å². The summed E-state index contributed by atoms with van der Waals surface area (Å²) in [6.45, 7) is 6.91. The topological polar surface area (TPSA) is 53.6 Å². The van der Waals surface area contributed by atoms with Gasteiger partial charge in [0.05, 0.1) is 6.10 Å². The molecule has 5 heteroatoms. The minimum Gasteiger partial charge on any atom is -0.378 e. The van der Waals surface area contributed by atoms with Crippen molar-refractivity contribution in [1.29, 1.82) is 0 Å². The molecule has 2 heterocycles. The number of carbonyl (C=O) groups excluding carboxylic acids is 1. The van der Waals surface area contributed by atoms with E-state index in [2.05, 4.69) is 15.5 Å². The maximum Gasteiger partial charge on any atom is 0.220 e.